The van der Waals surface area contributed by atoms with Crippen molar-refractivity contribution in [1.29, 1.82) is 0 Å². The van der Waals surface area contributed by atoms with Crippen molar-refractivity contribution in [3.05, 3.63) is 35.3 Å². The molecule has 4 rings (SSSR count). The first kappa shape index (κ1) is 27.3. The van der Waals surface area contributed by atoms with Gasteiger partial charge in [-0.1, -0.05) is 12.0 Å². The number of aromatic nitrogens is 6. The molecule has 14 heteroatoms. The van der Waals surface area contributed by atoms with Crippen LogP contribution in [-0.4, -0.2) is 85.7 Å². The highest BCUT2D eigenvalue weighted by Gasteiger charge is 2.32. The van der Waals surface area contributed by atoms with Crippen LogP contribution in [0.5, 0.6) is 0 Å². The molecule has 3 aromatic heterocycles. The van der Waals surface area contributed by atoms with Crippen LogP contribution in [0.1, 0.15) is 49.1 Å². The lowest BCUT2D eigenvalue weighted by atomic mass is 10.0. The predicted octanol–water partition coefficient (Wildman–Crippen LogP) is 2.42. The second-order valence-corrected chi connectivity index (χ2v) is 10.2. The number of fused-ring (bicyclic) bond motifs is 1. The number of rotatable bonds is 5. The van der Waals surface area contributed by atoms with E-state index in [-0.39, 0.29) is 35.7 Å². The standard InChI is InChI=1S/C24H29F4N9O/c1-23(2,3)37-33-21(31-34-37)22(38)29-11-6-7-17-15(13-24(26,27)28)19-8-5-9-20(36(19)32-17)30-18-10-12-35(4)14-16(18)25/h5,8-9,16,18,30H,10-14H2,1-4H3,(H,29,38)/t16-,18+/m0/s1. The number of piperidine rings is 1. The largest absolute Gasteiger partial charge is 0.393 e. The fraction of sp³-hybridized carbons (Fsp3) is 0.542. The Balaban J connectivity index is 1.55. The lowest BCUT2D eigenvalue weighted by molar-refractivity contribution is -0.127. The zero-order valence-electron chi connectivity index (χ0n) is 21.5. The molecule has 1 amide bonds. The molecule has 2 atom stereocenters. The number of carbonyl (C=O) groups is 1. The Kier molecular flexibility index (Phi) is 7.59. The van der Waals surface area contributed by atoms with Crippen molar-refractivity contribution in [3.8, 4) is 11.8 Å². The summed E-state index contributed by atoms with van der Waals surface area (Å²) in [4.78, 5) is 15.5. The van der Waals surface area contributed by atoms with E-state index in [0.29, 0.717) is 18.8 Å². The Morgan fingerprint density at radius 3 is 2.63 bits per heavy atom. The third-order valence-electron chi connectivity index (χ3n) is 5.98. The van der Waals surface area contributed by atoms with Crippen molar-refractivity contribution in [2.45, 2.75) is 57.5 Å². The smallest absolute Gasteiger partial charge is 0.364 e. The van der Waals surface area contributed by atoms with Crippen LogP contribution in [-0.2, 0) is 12.0 Å². The van der Waals surface area contributed by atoms with Crippen LogP contribution in [0.3, 0.4) is 0 Å². The van der Waals surface area contributed by atoms with Gasteiger partial charge in [0.1, 0.15) is 17.7 Å². The number of alkyl halides is 4. The summed E-state index contributed by atoms with van der Waals surface area (Å²) in [6.07, 6.45) is -6.34. The number of likely N-dealkylation sites (tertiary alicyclic amines) is 1. The average molecular weight is 536 g/mol. The third-order valence-corrected chi connectivity index (χ3v) is 5.98. The van der Waals surface area contributed by atoms with Crippen LogP contribution < -0.4 is 10.6 Å². The quantitative estimate of drug-likeness (QED) is 0.382. The molecule has 0 bridgehead atoms. The van der Waals surface area contributed by atoms with E-state index in [1.165, 1.54) is 15.4 Å². The lowest BCUT2D eigenvalue weighted by Gasteiger charge is -2.33. The monoisotopic (exact) mass is 535 g/mol. The Morgan fingerprint density at radius 2 is 1.97 bits per heavy atom. The molecule has 204 valence electrons. The summed E-state index contributed by atoms with van der Waals surface area (Å²) >= 11 is 0. The molecule has 4 heterocycles. The molecule has 1 aliphatic heterocycles. The number of nitrogens with zero attached hydrogens (tertiary/aromatic N) is 7. The fourth-order valence-corrected chi connectivity index (χ4v) is 4.03. The van der Waals surface area contributed by atoms with Crippen LogP contribution in [0.15, 0.2) is 18.2 Å². The number of anilines is 1. The number of tetrazole rings is 1. The second kappa shape index (κ2) is 10.6. The molecule has 0 spiro atoms. The van der Waals surface area contributed by atoms with Crippen molar-refractivity contribution >= 4 is 17.2 Å². The summed E-state index contributed by atoms with van der Waals surface area (Å²) in [6, 6.07) is 4.24. The molecule has 0 aromatic carbocycles. The van der Waals surface area contributed by atoms with Crippen LogP contribution in [0.25, 0.3) is 5.52 Å². The van der Waals surface area contributed by atoms with Gasteiger partial charge in [-0.05, 0) is 57.5 Å². The molecular weight excluding hydrogens is 506 g/mol. The van der Waals surface area contributed by atoms with Gasteiger partial charge < -0.3 is 15.5 Å². The van der Waals surface area contributed by atoms with Crippen LogP contribution in [0, 0.1) is 11.8 Å². The van der Waals surface area contributed by atoms with E-state index >= 15 is 0 Å². The average Bonchev–Trinajstić information content (AvgIpc) is 3.44. The molecule has 1 saturated heterocycles. The number of hydrogen-bond donors (Lipinski definition) is 2. The number of carbonyl (C=O) groups excluding carboxylic acids is 1. The Bertz CT molecular complexity index is 1360. The summed E-state index contributed by atoms with van der Waals surface area (Å²) < 4.78 is 56.2. The molecule has 2 N–H and O–H groups in total. The van der Waals surface area contributed by atoms with E-state index in [2.05, 4.69) is 43.0 Å². The van der Waals surface area contributed by atoms with Gasteiger partial charge in [-0.15, -0.1) is 10.2 Å². The molecule has 3 aromatic rings. The van der Waals surface area contributed by atoms with Gasteiger partial charge >= 0.3 is 6.18 Å². The van der Waals surface area contributed by atoms with Gasteiger partial charge in [0.15, 0.2) is 0 Å². The molecule has 1 aliphatic rings. The van der Waals surface area contributed by atoms with E-state index in [1.54, 1.807) is 12.1 Å². The minimum atomic E-state index is -4.50. The summed E-state index contributed by atoms with van der Waals surface area (Å²) in [6.45, 7) is 6.32. The van der Waals surface area contributed by atoms with Crippen LogP contribution in [0.2, 0.25) is 0 Å². The van der Waals surface area contributed by atoms with Crippen molar-refractivity contribution in [2.75, 3.05) is 32.0 Å². The summed E-state index contributed by atoms with van der Waals surface area (Å²) in [7, 11) is 1.83. The number of amides is 1. The fourth-order valence-electron chi connectivity index (χ4n) is 4.03. The number of halogens is 4. The van der Waals surface area contributed by atoms with Crippen LogP contribution in [0.4, 0.5) is 23.4 Å². The first-order valence-electron chi connectivity index (χ1n) is 12.1. The molecule has 38 heavy (non-hydrogen) atoms. The van der Waals surface area contributed by atoms with Crippen molar-refractivity contribution in [3.63, 3.8) is 0 Å². The Hall–Kier alpha value is -3.73. The maximum absolute atomic E-state index is 14.6. The molecule has 0 unspecified atom stereocenters. The SMILES string of the molecule is CN1CC[C@@H](Nc2cccc3c(CC(F)(F)F)c(C#CCNC(=O)c4nnn(C(C)(C)C)n4)nn23)[C@@H](F)C1. The van der Waals surface area contributed by atoms with E-state index in [9.17, 15) is 22.4 Å². The highest BCUT2D eigenvalue weighted by molar-refractivity contribution is 5.90. The normalized spacial score (nSPS) is 18.7. The number of hydrogen-bond acceptors (Lipinski definition) is 7. The topological polar surface area (TPSA) is 105 Å². The first-order valence-corrected chi connectivity index (χ1v) is 12.1. The minimum Gasteiger partial charge on any atom is -0.364 e. The lowest BCUT2D eigenvalue weighted by Crippen LogP contribution is -2.46. The Labute approximate surface area is 216 Å². The van der Waals surface area contributed by atoms with Crippen molar-refractivity contribution in [2.24, 2.45) is 0 Å². The number of nitrogens with one attached hydrogen (secondary N) is 2. The van der Waals surface area contributed by atoms with E-state index < -0.39 is 36.3 Å². The molecule has 10 nitrogen and oxygen atoms in total. The van der Waals surface area contributed by atoms with E-state index in [0.717, 1.165) is 0 Å². The molecular formula is C24H29F4N9O. The maximum atomic E-state index is 14.6. The minimum absolute atomic E-state index is 0.0807. The van der Waals surface area contributed by atoms with Gasteiger partial charge in [0.2, 0.25) is 0 Å². The van der Waals surface area contributed by atoms with Gasteiger partial charge in [-0.2, -0.15) is 23.1 Å². The molecule has 1 fully saturated rings. The molecule has 0 radical (unpaired) electrons. The maximum Gasteiger partial charge on any atom is 0.393 e. The highest BCUT2D eigenvalue weighted by atomic mass is 19.4. The van der Waals surface area contributed by atoms with Gasteiger partial charge in [-0.25, -0.2) is 8.91 Å². The predicted molar refractivity (Wildman–Crippen MR) is 131 cm³/mol. The van der Waals surface area contributed by atoms with Crippen molar-refractivity contribution < 1.29 is 22.4 Å². The third kappa shape index (κ3) is 6.39. The zero-order valence-corrected chi connectivity index (χ0v) is 21.5. The van der Waals surface area contributed by atoms with Gasteiger partial charge in [0.05, 0.1) is 30.1 Å². The highest BCUT2D eigenvalue weighted by Crippen LogP contribution is 2.28. The van der Waals surface area contributed by atoms with Gasteiger partial charge in [0, 0.05) is 18.7 Å². The number of pyridine rings is 1. The van der Waals surface area contributed by atoms with Gasteiger partial charge in [-0.3, -0.25) is 4.79 Å². The first-order chi connectivity index (χ1) is 17.8. The Morgan fingerprint density at radius 1 is 1.21 bits per heavy atom. The summed E-state index contributed by atoms with van der Waals surface area (Å²) in [5.74, 6) is 4.89. The van der Waals surface area contributed by atoms with E-state index in [1.807, 2.05) is 32.7 Å². The molecule has 0 aliphatic carbocycles. The summed E-state index contributed by atoms with van der Waals surface area (Å²) in [5.41, 5.74) is -0.431. The van der Waals surface area contributed by atoms with E-state index in [4.69, 9.17) is 0 Å². The zero-order chi connectivity index (χ0) is 27.7. The summed E-state index contributed by atoms with van der Waals surface area (Å²) in [5, 5.41) is 21.5. The van der Waals surface area contributed by atoms with Crippen molar-refractivity contribution in [1.82, 2.24) is 40.0 Å². The second-order valence-electron chi connectivity index (χ2n) is 10.2. The van der Waals surface area contributed by atoms with Gasteiger partial charge in [0.25, 0.3) is 11.7 Å². The van der Waals surface area contributed by atoms with Crippen LogP contribution >= 0.6 is 0 Å². The molecule has 0 saturated carbocycles.